The van der Waals surface area contributed by atoms with Crippen molar-refractivity contribution < 1.29 is 13.6 Å². The molecule has 0 spiro atoms. The summed E-state index contributed by atoms with van der Waals surface area (Å²) < 4.78 is 26.5. The van der Waals surface area contributed by atoms with Crippen molar-refractivity contribution in [3.05, 3.63) is 53.6 Å². The number of nitrogens with zero attached hydrogens (tertiary/aromatic N) is 2. The zero-order valence-electron chi connectivity index (χ0n) is 10.4. The maximum atomic E-state index is 13.4. The Morgan fingerprint density at radius 3 is 2.75 bits per heavy atom. The molecular formula is C14H11F2N3O. The third-order valence-corrected chi connectivity index (χ3v) is 3.09. The van der Waals surface area contributed by atoms with E-state index in [1.807, 2.05) is 0 Å². The predicted octanol–water partition coefficient (Wildman–Crippen LogP) is 2.88. The second kappa shape index (κ2) is 4.96. The maximum Gasteiger partial charge on any atom is 0.274 e. The average Bonchev–Trinajstić information content (AvgIpc) is 3.27. The lowest BCUT2D eigenvalue weighted by molar-refractivity contribution is 0.102. The van der Waals surface area contributed by atoms with Gasteiger partial charge in [-0.25, -0.2) is 18.7 Å². The second-order valence-corrected chi connectivity index (χ2v) is 4.68. The van der Waals surface area contributed by atoms with Gasteiger partial charge in [-0.1, -0.05) is 0 Å². The largest absolute Gasteiger partial charge is 0.318 e. The topological polar surface area (TPSA) is 54.9 Å². The molecule has 1 saturated carbocycles. The molecule has 1 N–H and O–H groups in total. The summed E-state index contributed by atoms with van der Waals surface area (Å²) in [7, 11) is 0. The van der Waals surface area contributed by atoms with E-state index in [1.165, 1.54) is 6.33 Å². The molecule has 0 atom stereocenters. The molecule has 1 aromatic carbocycles. The van der Waals surface area contributed by atoms with Gasteiger partial charge in [0.05, 0.1) is 5.69 Å². The van der Waals surface area contributed by atoms with Gasteiger partial charge in [0.25, 0.3) is 5.91 Å². The molecule has 0 radical (unpaired) electrons. The number of rotatable bonds is 3. The Morgan fingerprint density at radius 1 is 1.20 bits per heavy atom. The van der Waals surface area contributed by atoms with Crippen LogP contribution in [0.4, 0.5) is 14.5 Å². The van der Waals surface area contributed by atoms with Crippen molar-refractivity contribution in [1.29, 1.82) is 0 Å². The molecule has 1 aliphatic carbocycles. The van der Waals surface area contributed by atoms with Gasteiger partial charge in [0.15, 0.2) is 0 Å². The highest BCUT2D eigenvalue weighted by atomic mass is 19.1. The zero-order chi connectivity index (χ0) is 14.1. The molecule has 1 aromatic heterocycles. The van der Waals surface area contributed by atoms with Crippen molar-refractivity contribution in [2.24, 2.45) is 0 Å². The van der Waals surface area contributed by atoms with Crippen LogP contribution in [0.25, 0.3) is 0 Å². The van der Waals surface area contributed by atoms with Crippen LogP contribution in [0.1, 0.15) is 34.9 Å². The summed E-state index contributed by atoms with van der Waals surface area (Å²) in [6, 6.07) is 4.46. The molecule has 4 nitrogen and oxygen atoms in total. The number of aromatic nitrogens is 2. The second-order valence-electron chi connectivity index (χ2n) is 4.68. The molecule has 1 aliphatic rings. The van der Waals surface area contributed by atoms with Crippen molar-refractivity contribution in [3.63, 3.8) is 0 Å². The molecule has 1 amide bonds. The van der Waals surface area contributed by atoms with Gasteiger partial charge in [0.2, 0.25) is 0 Å². The molecule has 1 fully saturated rings. The number of carbonyl (C=O) groups is 1. The minimum Gasteiger partial charge on any atom is -0.318 e. The molecule has 102 valence electrons. The quantitative estimate of drug-likeness (QED) is 0.937. The van der Waals surface area contributed by atoms with Crippen LogP contribution < -0.4 is 5.32 Å². The molecule has 0 unspecified atom stereocenters. The first-order valence-electron chi connectivity index (χ1n) is 6.22. The monoisotopic (exact) mass is 275 g/mol. The normalized spacial score (nSPS) is 14.1. The van der Waals surface area contributed by atoms with E-state index in [4.69, 9.17) is 0 Å². The van der Waals surface area contributed by atoms with Crippen molar-refractivity contribution in [1.82, 2.24) is 9.97 Å². The van der Waals surface area contributed by atoms with Crippen LogP contribution in [0.3, 0.4) is 0 Å². The van der Waals surface area contributed by atoms with E-state index in [0.29, 0.717) is 5.92 Å². The Hall–Kier alpha value is -2.37. The summed E-state index contributed by atoms with van der Waals surface area (Å²) >= 11 is 0. The van der Waals surface area contributed by atoms with Crippen LogP contribution in [0.15, 0.2) is 30.6 Å². The number of amides is 1. The van der Waals surface area contributed by atoms with E-state index in [2.05, 4.69) is 15.3 Å². The molecule has 6 heteroatoms. The van der Waals surface area contributed by atoms with Gasteiger partial charge in [-0.05, 0) is 31.0 Å². The fraction of sp³-hybridized carbons (Fsp3) is 0.214. The van der Waals surface area contributed by atoms with Crippen LogP contribution >= 0.6 is 0 Å². The predicted molar refractivity (Wildman–Crippen MR) is 68.3 cm³/mol. The van der Waals surface area contributed by atoms with Crippen LogP contribution in [0.2, 0.25) is 0 Å². The fourth-order valence-corrected chi connectivity index (χ4v) is 1.88. The Labute approximate surface area is 113 Å². The third kappa shape index (κ3) is 2.64. The van der Waals surface area contributed by atoms with Crippen molar-refractivity contribution >= 4 is 11.6 Å². The van der Waals surface area contributed by atoms with E-state index in [9.17, 15) is 13.6 Å². The van der Waals surface area contributed by atoms with E-state index in [1.54, 1.807) is 6.07 Å². The fourth-order valence-electron chi connectivity index (χ4n) is 1.88. The summed E-state index contributed by atoms with van der Waals surface area (Å²) in [4.78, 5) is 19.9. The Kier molecular flexibility index (Phi) is 3.14. The van der Waals surface area contributed by atoms with E-state index >= 15 is 0 Å². The van der Waals surface area contributed by atoms with Gasteiger partial charge in [0, 0.05) is 17.7 Å². The molecule has 0 bridgehead atoms. The summed E-state index contributed by atoms with van der Waals surface area (Å²) in [6.45, 7) is 0. The summed E-state index contributed by atoms with van der Waals surface area (Å²) in [6.07, 6.45) is 3.41. The first kappa shape index (κ1) is 12.7. The molecule has 1 heterocycles. The Balaban J connectivity index is 1.82. The summed E-state index contributed by atoms with van der Waals surface area (Å²) in [5.41, 5.74) is 0.747. The molecule has 0 saturated heterocycles. The summed E-state index contributed by atoms with van der Waals surface area (Å²) in [5.74, 6) is -1.52. The lowest BCUT2D eigenvalue weighted by Crippen LogP contribution is -2.15. The molecular weight excluding hydrogens is 264 g/mol. The highest BCUT2D eigenvalue weighted by Crippen LogP contribution is 2.38. The van der Waals surface area contributed by atoms with E-state index < -0.39 is 17.5 Å². The SMILES string of the molecule is O=C(Nc1cc(F)ccc1F)c1cc(C2CC2)ncn1. The lowest BCUT2D eigenvalue weighted by atomic mass is 10.2. The number of anilines is 1. The first-order chi connectivity index (χ1) is 9.63. The van der Waals surface area contributed by atoms with Crippen LogP contribution in [-0.2, 0) is 0 Å². The van der Waals surface area contributed by atoms with Gasteiger partial charge in [-0.15, -0.1) is 0 Å². The molecule has 20 heavy (non-hydrogen) atoms. The van der Waals surface area contributed by atoms with Gasteiger partial charge in [-0.2, -0.15) is 0 Å². The minimum atomic E-state index is -0.698. The molecule has 0 aliphatic heterocycles. The van der Waals surface area contributed by atoms with Gasteiger partial charge in [-0.3, -0.25) is 4.79 Å². The zero-order valence-corrected chi connectivity index (χ0v) is 10.4. The minimum absolute atomic E-state index is 0.144. The van der Waals surface area contributed by atoms with Gasteiger partial charge >= 0.3 is 0 Å². The number of carbonyl (C=O) groups excluding carboxylic acids is 1. The highest BCUT2D eigenvalue weighted by molar-refractivity contribution is 6.02. The number of hydrogen-bond acceptors (Lipinski definition) is 3. The number of nitrogens with one attached hydrogen (secondary N) is 1. The van der Waals surface area contributed by atoms with Gasteiger partial charge < -0.3 is 5.32 Å². The Morgan fingerprint density at radius 2 is 2.00 bits per heavy atom. The smallest absolute Gasteiger partial charge is 0.274 e. The van der Waals surface area contributed by atoms with E-state index in [-0.39, 0.29) is 11.4 Å². The number of benzene rings is 1. The van der Waals surface area contributed by atoms with Crippen molar-refractivity contribution in [2.45, 2.75) is 18.8 Å². The highest BCUT2D eigenvalue weighted by Gasteiger charge is 2.26. The summed E-state index contributed by atoms with van der Waals surface area (Å²) in [5, 5.41) is 2.31. The van der Waals surface area contributed by atoms with Crippen molar-refractivity contribution in [2.75, 3.05) is 5.32 Å². The van der Waals surface area contributed by atoms with E-state index in [0.717, 1.165) is 36.7 Å². The van der Waals surface area contributed by atoms with Crippen LogP contribution in [0.5, 0.6) is 0 Å². The Bertz CT molecular complexity index is 671. The average molecular weight is 275 g/mol. The lowest BCUT2D eigenvalue weighted by Gasteiger charge is -2.06. The number of halogens is 2. The molecule has 3 rings (SSSR count). The number of hydrogen-bond donors (Lipinski definition) is 1. The van der Waals surface area contributed by atoms with Gasteiger partial charge in [0.1, 0.15) is 23.7 Å². The molecule has 2 aromatic rings. The van der Waals surface area contributed by atoms with Crippen molar-refractivity contribution in [3.8, 4) is 0 Å². The van der Waals surface area contributed by atoms with Crippen LogP contribution in [0, 0.1) is 11.6 Å². The standard InChI is InChI=1S/C14H11F2N3O/c15-9-3-4-10(16)12(5-9)19-14(20)13-6-11(8-1-2-8)17-7-18-13/h3-8H,1-2H2,(H,19,20). The third-order valence-electron chi connectivity index (χ3n) is 3.09. The first-order valence-corrected chi connectivity index (χ1v) is 6.22. The van der Waals surface area contributed by atoms with Crippen LogP contribution in [-0.4, -0.2) is 15.9 Å². The maximum absolute atomic E-state index is 13.4.